The molecule has 3 saturated heterocycles. The fourth-order valence-electron chi connectivity index (χ4n) is 3.69. The quantitative estimate of drug-likeness (QED) is 0.804. The number of nitrogens with one attached hydrogen (secondary N) is 2. The zero-order valence-electron chi connectivity index (χ0n) is 15.1. The lowest BCUT2D eigenvalue weighted by Gasteiger charge is -2.44. The molecule has 2 aromatic rings. The Hall–Kier alpha value is -1.90. The summed E-state index contributed by atoms with van der Waals surface area (Å²) in [6, 6.07) is 7.88. The lowest BCUT2D eigenvalue weighted by molar-refractivity contribution is -0.114. The lowest BCUT2D eigenvalue weighted by atomic mass is 9.84. The van der Waals surface area contributed by atoms with E-state index in [9.17, 15) is 9.59 Å². The second kappa shape index (κ2) is 8.00. The highest BCUT2D eigenvalue weighted by Crippen LogP contribution is 2.33. The molecule has 0 radical (unpaired) electrons. The van der Waals surface area contributed by atoms with Crippen LogP contribution >= 0.6 is 23.1 Å². The van der Waals surface area contributed by atoms with E-state index in [0.29, 0.717) is 11.5 Å². The zero-order valence-corrected chi connectivity index (χ0v) is 16.7. The van der Waals surface area contributed by atoms with Crippen LogP contribution in [0.4, 0.5) is 5.00 Å². The number of anilines is 1. The van der Waals surface area contributed by atoms with Crippen LogP contribution in [0.2, 0.25) is 0 Å². The maximum Gasteiger partial charge on any atom is 0.251 e. The molecule has 2 amide bonds. The first-order valence-electron chi connectivity index (χ1n) is 9.11. The van der Waals surface area contributed by atoms with Gasteiger partial charge in [-0.25, -0.2) is 4.98 Å². The van der Waals surface area contributed by atoms with Gasteiger partial charge in [-0.3, -0.25) is 9.59 Å². The van der Waals surface area contributed by atoms with Crippen molar-refractivity contribution in [3.8, 4) is 0 Å². The van der Waals surface area contributed by atoms with E-state index in [0.717, 1.165) is 20.8 Å². The van der Waals surface area contributed by atoms with Gasteiger partial charge in [0, 0.05) is 30.0 Å². The fraction of sp³-hybridized carbons (Fsp3) is 0.421. The summed E-state index contributed by atoms with van der Waals surface area (Å²) < 4.78 is 0.850. The second-order valence-electron chi connectivity index (χ2n) is 7.02. The van der Waals surface area contributed by atoms with Crippen LogP contribution in [0.1, 0.15) is 30.1 Å². The second-order valence-corrected chi connectivity index (χ2v) is 9.37. The van der Waals surface area contributed by atoms with Gasteiger partial charge in [-0.2, -0.15) is 0 Å². The normalized spacial score (nSPS) is 23.8. The topological polar surface area (TPSA) is 74.3 Å². The summed E-state index contributed by atoms with van der Waals surface area (Å²) in [6.45, 7) is 4.80. The molecule has 0 saturated carbocycles. The summed E-state index contributed by atoms with van der Waals surface area (Å²) in [5, 5.41) is 6.69. The van der Waals surface area contributed by atoms with Gasteiger partial charge < -0.3 is 15.5 Å². The molecule has 142 valence electrons. The number of piperidine rings is 3. The third-order valence-electron chi connectivity index (χ3n) is 5.08. The predicted octanol–water partition coefficient (Wildman–Crippen LogP) is 3.08. The average Bonchev–Trinajstić information content (AvgIpc) is 3.09. The minimum atomic E-state index is -0.103. The van der Waals surface area contributed by atoms with E-state index >= 15 is 0 Å². The van der Waals surface area contributed by atoms with Gasteiger partial charge in [0.25, 0.3) is 5.91 Å². The van der Waals surface area contributed by atoms with Crippen LogP contribution in [0, 0.1) is 5.92 Å². The maximum atomic E-state index is 12.6. The third kappa shape index (κ3) is 4.51. The number of fused-ring (bicyclic) bond motifs is 3. The first kappa shape index (κ1) is 18.5. The number of benzene rings is 1. The number of nitrogens with zero attached hydrogens (tertiary/aromatic N) is 2. The zero-order chi connectivity index (χ0) is 18.8. The molecule has 1 unspecified atom stereocenters. The van der Waals surface area contributed by atoms with E-state index < -0.39 is 0 Å². The summed E-state index contributed by atoms with van der Waals surface area (Å²) in [6.07, 6.45) is 4.04. The predicted molar refractivity (Wildman–Crippen MR) is 107 cm³/mol. The summed E-state index contributed by atoms with van der Waals surface area (Å²) in [7, 11) is 0. The van der Waals surface area contributed by atoms with Crippen LogP contribution in [-0.2, 0) is 4.79 Å². The number of amides is 2. The van der Waals surface area contributed by atoms with Gasteiger partial charge in [0.15, 0.2) is 4.34 Å². The Morgan fingerprint density at radius 1 is 1.22 bits per heavy atom. The van der Waals surface area contributed by atoms with Crippen molar-refractivity contribution in [3.63, 3.8) is 0 Å². The highest BCUT2D eigenvalue weighted by molar-refractivity contribution is 8.01. The largest absolute Gasteiger partial charge is 0.348 e. The Morgan fingerprint density at radius 3 is 2.59 bits per heavy atom. The molecular formula is C19H22N4O2S2. The molecule has 3 aliphatic heterocycles. The Kier molecular flexibility index (Phi) is 5.47. The molecule has 1 aromatic carbocycles. The summed E-state index contributed by atoms with van der Waals surface area (Å²) in [5.41, 5.74) is 0.689. The van der Waals surface area contributed by atoms with Crippen molar-refractivity contribution in [1.29, 1.82) is 0 Å². The number of carbonyl (C=O) groups excluding carboxylic acids is 2. The van der Waals surface area contributed by atoms with Crippen molar-refractivity contribution in [1.82, 2.24) is 15.2 Å². The van der Waals surface area contributed by atoms with Gasteiger partial charge in [0.2, 0.25) is 5.91 Å². The Morgan fingerprint density at radius 2 is 1.96 bits per heavy atom. The van der Waals surface area contributed by atoms with E-state index in [1.165, 1.54) is 56.0 Å². The van der Waals surface area contributed by atoms with E-state index in [2.05, 4.69) is 20.5 Å². The van der Waals surface area contributed by atoms with Gasteiger partial charge in [-0.15, -0.1) is 0 Å². The number of hydrogen-bond acceptors (Lipinski definition) is 6. The van der Waals surface area contributed by atoms with E-state index in [1.807, 2.05) is 24.3 Å². The number of thiazole rings is 1. The number of carbonyl (C=O) groups is 2. The van der Waals surface area contributed by atoms with Gasteiger partial charge >= 0.3 is 0 Å². The lowest BCUT2D eigenvalue weighted by Crippen LogP contribution is -2.57. The maximum absolute atomic E-state index is 12.6. The van der Waals surface area contributed by atoms with Crippen LogP contribution in [0.15, 0.2) is 39.7 Å². The monoisotopic (exact) mass is 402 g/mol. The van der Waals surface area contributed by atoms with E-state index in [-0.39, 0.29) is 17.9 Å². The minimum Gasteiger partial charge on any atom is -0.348 e. The van der Waals surface area contributed by atoms with Gasteiger partial charge in [0.1, 0.15) is 5.00 Å². The first-order chi connectivity index (χ1) is 13.1. The molecule has 0 spiro atoms. The third-order valence-corrected chi connectivity index (χ3v) is 7.07. The summed E-state index contributed by atoms with van der Waals surface area (Å²) in [4.78, 5) is 31.4. The van der Waals surface area contributed by atoms with Crippen LogP contribution in [0.25, 0.3) is 0 Å². The van der Waals surface area contributed by atoms with Crippen molar-refractivity contribution < 1.29 is 9.59 Å². The molecule has 8 heteroatoms. The van der Waals surface area contributed by atoms with Crippen LogP contribution in [0.5, 0.6) is 0 Å². The van der Waals surface area contributed by atoms with Crippen molar-refractivity contribution in [2.24, 2.45) is 5.92 Å². The van der Waals surface area contributed by atoms with Gasteiger partial charge in [0.05, 0.1) is 6.20 Å². The van der Waals surface area contributed by atoms with E-state index in [4.69, 9.17) is 0 Å². The van der Waals surface area contributed by atoms with Gasteiger partial charge in [-0.1, -0.05) is 23.1 Å². The number of rotatable bonds is 5. The molecule has 2 bridgehead atoms. The number of hydrogen-bond donors (Lipinski definition) is 2. The van der Waals surface area contributed by atoms with Crippen LogP contribution in [-0.4, -0.2) is 47.4 Å². The molecule has 2 N–H and O–H groups in total. The Bertz CT molecular complexity index is 828. The molecular weight excluding hydrogens is 380 g/mol. The molecule has 27 heavy (non-hydrogen) atoms. The van der Waals surface area contributed by atoms with Crippen molar-refractivity contribution in [2.75, 3.05) is 25.0 Å². The highest BCUT2D eigenvalue weighted by atomic mass is 32.2. The standard InChI is InChI=1S/C19H22N4O2S2/c1-12(24)21-17-10-20-19(27-17)26-15-4-2-14(3-5-15)18(25)22-16-11-23-8-6-13(16)7-9-23/h2-5,10,13,16H,6-9,11H2,1H3,(H,21,24)(H,22,25). The Labute approximate surface area is 166 Å². The van der Waals surface area contributed by atoms with Crippen molar-refractivity contribution in [2.45, 2.75) is 35.0 Å². The Balaban J connectivity index is 1.35. The average molecular weight is 403 g/mol. The molecule has 0 aliphatic carbocycles. The fourth-order valence-corrected chi connectivity index (χ4v) is 5.59. The van der Waals surface area contributed by atoms with Crippen molar-refractivity contribution in [3.05, 3.63) is 36.0 Å². The molecule has 3 fully saturated rings. The summed E-state index contributed by atoms with van der Waals surface area (Å²) >= 11 is 2.95. The SMILES string of the molecule is CC(=O)Nc1cnc(Sc2ccc(C(=O)NC3CN4CCC3CC4)cc2)s1. The van der Waals surface area contributed by atoms with E-state index in [1.54, 1.807) is 6.20 Å². The molecule has 1 atom stereocenters. The smallest absolute Gasteiger partial charge is 0.251 e. The van der Waals surface area contributed by atoms with Crippen LogP contribution in [0.3, 0.4) is 0 Å². The molecule has 1 aromatic heterocycles. The molecule has 5 rings (SSSR count). The number of aromatic nitrogens is 1. The summed E-state index contributed by atoms with van der Waals surface area (Å²) in [5.74, 6) is 0.525. The molecule has 3 aliphatic rings. The van der Waals surface area contributed by atoms with Gasteiger partial charge in [-0.05, 0) is 56.1 Å². The van der Waals surface area contributed by atoms with Crippen LogP contribution < -0.4 is 10.6 Å². The first-order valence-corrected chi connectivity index (χ1v) is 10.7. The molecule has 6 nitrogen and oxygen atoms in total. The molecule has 4 heterocycles. The minimum absolute atomic E-state index is 0.00694. The highest BCUT2D eigenvalue weighted by Gasteiger charge is 2.34. The van der Waals surface area contributed by atoms with Crippen molar-refractivity contribution >= 4 is 39.9 Å².